The standard InChI is InChI=1S/C14H12N4O/c1-9-7-17-13(8-16-9)14(19)18-11-2-3-12-10(6-11)4-5-15-12/h2-8,15H,1H3,(H,18,19). The Balaban J connectivity index is 1.83. The van der Waals surface area contributed by atoms with Gasteiger partial charge in [0.15, 0.2) is 0 Å². The fourth-order valence-corrected chi connectivity index (χ4v) is 1.84. The fraction of sp³-hybridized carbons (Fsp3) is 0.0714. The van der Waals surface area contributed by atoms with E-state index >= 15 is 0 Å². The zero-order chi connectivity index (χ0) is 13.2. The molecule has 0 saturated carbocycles. The molecule has 0 fully saturated rings. The molecule has 1 aromatic carbocycles. The van der Waals surface area contributed by atoms with E-state index in [4.69, 9.17) is 0 Å². The second-order valence-electron chi connectivity index (χ2n) is 4.28. The number of hydrogen-bond donors (Lipinski definition) is 2. The number of benzene rings is 1. The third-order valence-corrected chi connectivity index (χ3v) is 2.82. The summed E-state index contributed by atoms with van der Waals surface area (Å²) in [6, 6.07) is 7.63. The Morgan fingerprint density at radius 1 is 1.21 bits per heavy atom. The maximum absolute atomic E-state index is 12.0. The van der Waals surface area contributed by atoms with Gasteiger partial charge in [0.1, 0.15) is 5.69 Å². The summed E-state index contributed by atoms with van der Waals surface area (Å²) in [7, 11) is 0. The maximum Gasteiger partial charge on any atom is 0.275 e. The van der Waals surface area contributed by atoms with Crippen LogP contribution in [0.4, 0.5) is 5.69 Å². The SMILES string of the molecule is Cc1cnc(C(=O)Nc2ccc3[nH]ccc3c2)cn1. The number of aryl methyl sites for hydroxylation is 1. The minimum absolute atomic E-state index is 0.262. The van der Waals surface area contributed by atoms with Crippen molar-refractivity contribution in [3.63, 3.8) is 0 Å². The molecule has 3 aromatic rings. The Morgan fingerprint density at radius 3 is 2.89 bits per heavy atom. The number of nitrogens with zero attached hydrogens (tertiary/aromatic N) is 2. The molecular weight excluding hydrogens is 240 g/mol. The van der Waals surface area contributed by atoms with E-state index < -0.39 is 0 Å². The van der Waals surface area contributed by atoms with Crippen LogP contribution in [0.25, 0.3) is 10.9 Å². The van der Waals surface area contributed by atoms with E-state index in [-0.39, 0.29) is 5.91 Å². The Labute approximate surface area is 109 Å². The fourth-order valence-electron chi connectivity index (χ4n) is 1.84. The average Bonchev–Trinajstić information content (AvgIpc) is 2.87. The molecule has 0 saturated heterocycles. The molecule has 2 N–H and O–H groups in total. The third-order valence-electron chi connectivity index (χ3n) is 2.82. The number of carbonyl (C=O) groups excluding carboxylic acids is 1. The molecule has 0 atom stereocenters. The third kappa shape index (κ3) is 2.30. The van der Waals surface area contributed by atoms with Crippen LogP contribution in [0, 0.1) is 6.92 Å². The van der Waals surface area contributed by atoms with Gasteiger partial charge >= 0.3 is 0 Å². The molecule has 0 unspecified atom stereocenters. The van der Waals surface area contributed by atoms with Crippen molar-refractivity contribution in [1.82, 2.24) is 15.0 Å². The van der Waals surface area contributed by atoms with Crippen LogP contribution in [-0.4, -0.2) is 20.9 Å². The van der Waals surface area contributed by atoms with Crippen LogP contribution >= 0.6 is 0 Å². The number of rotatable bonds is 2. The lowest BCUT2D eigenvalue weighted by atomic mass is 10.2. The maximum atomic E-state index is 12.0. The van der Waals surface area contributed by atoms with E-state index in [1.807, 2.05) is 37.4 Å². The molecule has 19 heavy (non-hydrogen) atoms. The van der Waals surface area contributed by atoms with E-state index in [1.165, 1.54) is 6.20 Å². The molecule has 5 heteroatoms. The summed E-state index contributed by atoms with van der Waals surface area (Å²) in [5.74, 6) is -0.262. The Bertz CT molecular complexity index is 731. The van der Waals surface area contributed by atoms with Crippen molar-refractivity contribution in [2.75, 3.05) is 5.32 Å². The highest BCUT2D eigenvalue weighted by Crippen LogP contribution is 2.18. The first-order valence-electron chi connectivity index (χ1n) is 5.89. The van der Waals surface area contributed by atoms with Gasteiger partial charge in [0.05, 0.1) is 11.9 Å². The highest BCUT2D eigenvalue weighted by molar-refractivity contribution is 6.03. The Morgan fingerprint density at radius 2 is 2.11 bits per heavy atom. The van der Waals surface area contributed by atoms with Crippen LogP contribution in [0.3, 0.4) is 0 Å². The lowest BCUT2D eigenvalue weighted by molar-refractivity contribution is 0.102. The summed E-state index contributed by atoms with van der Waals surface area (Å²) in [5.41, 5.74) is 2.86. The number of H-pyrrole nitrogens is 1. The quantitative estimate of drug-likeness (QED) is 0.736. The first-order chi connectivity index (χ1) is 9.22. The van der Waals surface area contributed by atoms with Gasteiger partial charge in [-0.15, -0.1) is 0 Å². The topological polar surface area (TPSA) is 70.7 Å². The number of carbonyl (C=O) groups is 1. The Kier molecular flexibility index (Phi) is 2.72. The average molecular weight is 252 g/mol. The number of hydrogen-bond acceptors (Lipinski definition) is 3. The van der Waals surface area contributed by atoms with Crippen molar-refractivity contribution < 1.29 is 4.79 Å². The molecule has 5 nitrogen and oxygen atoms in total. The summed E-state index contributed by atoms with van der Waals surface area (Å²) in [5, 5.41) is 3.85. The normalized spacial score (nSPS) is 10.6. The lowest BCUT2D eigenvalue weighted by Gasteiger charge is -2.04. The number of aromatic amines is 1. The molecule has 2 heterocycles. The van der Waals surface area contributed by atoms with Crippen molar-refractivity contribution >= 4 is 22.5 Å². The van der Waals surface area contributed by atoms with Crippen LogP contribution < -0.4 is 5.32 Å². The zero-order valence-corrected chi connectivity index (χ0v) is 10.3. The second-order valence-corrected chi connectivity index (χ2v) is 4.28. The van der Waals surface area contributed by atoms with Gasteiger partial charge in [-0.3, -0.25) is 9.78 Å². The molecule has 3 rings (SSSR count). The van der Waals surface area contributed by atoms with Gasteiger partial charge in [-0.05, 0) is 31.2 Å². The largest absolute Gasteiger partial charge is 0.361 e. The molecule has 0 radical (unpaired) electrons. The van der Waals surface area contributed by atoms with Gasteiger partial charge in [-0.25, -0.2) is 4.98 Å². The molecule has 1 amide bonds. The summed E-state index contributed by atoms with van der Waals surface area (Å²) < 4.78 is 0. The number of nitrogens with one attached hydrogen (secondary N) is 2. The first kappa shape index (κ1) is 11.4. The van der Waals surface area contributed by atoms with E-state index in [0.717, 1.165) is 22.3 Å². The van der Waals surface area contributed by atoms with Gasteiger partial charge in [-0.1, -0.05) is 0 Å². The van der Waals surface area contributed by atoms with E-state index in [2.05, 4.69) is 20.3 Å². The van der Waals surface area contributed by atoms with Gasteiger partial charge in [0.25, 0.3) is 5.91 Å². The monoisotopic (exact) mass is 252 g/mol. The molecule has 0 aliphatic heterocycles. The highest BCUT2D eigenvalue weighted by Gasteiger charge is 2.08. The van der Waals surface area contributed by atoms with Crippen LogP contribution in [0.2, 0.25) is 0 Å². The summed E-state index contributed by atoms with van der Waals surface area (Å²) in [6.07, 6.45) is 4.91. The van der Waals surface area contributed by atoms with E-state index in [0.29, 0.717) is 5.69 Å². The first-order valence-corrected chi connectivity index (χ1v) is 5.89. The van der Waals surface area contributed by atoms with Crippen LogP contribution in [0.5, 0.6) is 0 Å². The molecule has 0 aliphatic carbocycles. The number of amides is 1. The lowest BCUT2D eigenvalue weighted by Crippen LogP contribution is -2.14. The van der Waals surface area contributed by atoms with Crippen LogP contribution in [-0.2, 0) is 0 Å². The van der Waals surface area contributed by atoms with Crippen molar-refractivity contribution in [2.45, 2.75) is 6.92 Å². The molecule has 0 aliphatic rings. The van der Waals surface area contributed by atoms with Gasteiger partial charge in [0, 0.05) is 29.0 Å². The minimum atomic E-state index is -0.262. The van der Waals surface area contributed by atoms with Gasteiger partial charge in [-0.2, -0.15) is 0 Å². The van der Waals surface area contributed by atoms with Crippen molar-refractivity contribution in [3.05, 3.63) is 54.2 Å². The van der Waals surface area contributed by atoms with Crippen LogP contribution in [0.1, 0.15) is 16.2 Å². The minimum Gasteiger partial charge on any atom is -0.361 e. The van der Waals surface area contributed by atoms with Gasteiger partial charge < -0.3 is 10.3 Å². The smallest absolute Gasteiger partial charge is 0.275 e. The molecule has 2 aromatic heterocycles. The van der Waals surface area contributed by atoms with Crippen LogP contribution in [0.15, 0.2) is 42.9 Å². The van der Waals surface area contributed by atoms with E-state index in [9.17, 15) is 4.79 Å². The predicted molar refractivity (Wildman–Crippen MR) is 73.0 cm³/mol. The number of anilines is 1. The highest BCUT2D eigenvalue weighted by atomic mass is 16.1. The summed E-state index contributed by atoms with van der Waals surface area (Å²) in [6.45, 7) is 1.83. The zero-order valence-electron chi connectivity index (χ0n) is 10.3. The Hall–Kier alpha value is -2.69. The van der Waals surface area contributed by atoms with Gasteiger partial charge in [0.2, 0.25) is 0 Å². The van der Waals surface area contributed by atoms with Crippen molar-refractivity contribution in [2.24, 2.45) is 0 Å². The molecule has 0 bridgehead atoms. The summed E-state index contributed by atoms with van der Waals surface area (Å²) in [4.78, 5) is 23.2. The number of aromatic nitrogens is 3. The van der Waals surface area contributed by atoms with E-state index in [1.54, 1.807) is 6.20 Å². The molecule has 0 spiro atoms. The second kappa shape index (κ2) is 4.53. The predicted octanol–water partition coefficient (Wildman–Crippen LogP) is 2.52. The molecule has 94 valence electrons. The number of fused-ring (bicyclic) bond motifs is 1. The van der Waals surface area contributed by atoms with Crippen molar-refractivity contribution in [3.8, 4) is 0 Å². The molecular formula is C14H12N4O. The van der Waals surface area contributed by atoms with Crippen molar-refractivity contribution in [1.29, 1.82) is 0 Å². The summed E-state index contributed by atoms with van der Waals surface area (Å²) >= 11 is 0.